The average molecular weight is 522 g/mol. The molecule has 0 unspecified atom stereocenters. The Morgan fingerprint density at radius 2 is 1.75 bits per heavy atom. The summed E-state index contributed by atoms with van der Waals surface area (Å²) in [6, 6.07) is 5.88. The standard InChI is InChI=1S/C26H33ClF3N6/c1-15(2)35-9-11-36(5,12-10-35)14-18-13-21-25(32-17(4)33-26(21)34-23(18)27)31-16(3)19-7-6-8-20(22(19)28)24(29)30/h6-8,13,15-16,24H,9-12,14H2,1-5H3,(H,31,32,33,34)/q+1/t16-/m1/s1. The lowest BCUT2D eigenvalue weighted by Crippen LogP contribution is -2.57. The number of hydrogen-bond acceptors (Lipinski definition) is 5. The Bertz CT molecular complexity index is 1240. The number of nitrogens with zero attached hydrogens (tertiary/aromatic N) is 5. The third-order valence-electron chi connectivity index (χ3n) is 7.07. The van der Waals surface area contributed by atoms with Gasteiger partial charge in [0, 0.05) is 30.3 Å². The molecule has 2 aromatic heterocycles. The lowest BCUT2D eigenvalue weighted by molar-refractivity contribution is -0.926. The molecule has 0 spiro atoms. The van der Waals surface area contributed by atoms with Crippen molar-refractivity contribution in [3.05, 3.63) is 57.8 Å². The maximum atomic E-state index is 14.8. The second kappa shape index (κ2) is 10.5. The normalized spacial score (nSPS) is 17.2. The Morgan fingerprint density at radius 3 is 2.39 bits per heavy atom. The zero-order valence-electron chi connectivity index (χ0n) is 21.3. The van der Waals surface area contributed by atoms with Crippen LogP contribution in [0.1, 0.15) is 55.8 Å². The molecule has 6 nitrogen and oxygen atoms in total. The first-order valence-electron chi connectivity index (χ1n) is 12.2. The van der Waals surface area contributed by atoms with Crippen molar-refractivity contribution in [1.29, 1.82) is 0 Å². The summed E-state index contributed by atoms with van der Waals surface area (Å²) in [5, 5.41) is 4.26. The van der Waals surface area contributed by atoms with Crippen molar-refractivity contribution in [2.45, 2.75) is 52.7 Å². The average Bonchev–Trinajstić information content (AvgIpc) is 2.80. The second-order valence-corrected chi connectivity index (χ2v) is 10.6. The largest absolute Gasteiger partial charge is 0.363 e. The van der Waals surface area contributed by atoms with E-state index in [4.69, 9.17) is 11.6 Å². The summed E-state index contributed by atoms with van der Waals surface area (Å²) >= 11 is 6.60. The lowest BCUT2D eigenvalue weighted by Gasteiger charge is -2.43. The molecule has 4 rings (SSSR count). The molecular weight excluding hydrogens is 489 g/mol. The molecule has 0 radical (unpaired) electrons. The van der Waals surface area contributed by atoms with Gasteiger partial charge in [-0.15, -0.1) is 0 Å². The third kappa shape index (κ3) is 5.58. The number of benzene rings is 1. The van der Waals surface area contributed by atoms with Crippen molar-refractivity contribution in [3.8, 4) is 0 Å². The molecule has 0 saturated carbocycles. The van der Waals surface area contributed by atoms with Gasteiger partial charge in [-0.05, 0) is 33.8 Å². The highest BCUT2D eigenvalue weighted by atomic mass is 35.5. The fraction of sp³-hybridized carbons (Fsp3) is 0.500. The molecule has 0 bridgehead atoms. The molecule has 1 saturated heterocycles. The van der Waals surface area contributed by atoms with Crippen LogP contribution in [0.2, 0.25) is 5.15 Å². The summed E-state index contributed by atoms with van der Waals surface area (Å²) in [4.78, 5) is 16.0. The van der Waals surface area contributed by atoms with E-state index in [2.05, 4.69) is 46.1 Å². The number of hydrogen-bond donors (Lipinski definition) is 1. The van der Waals surface area contributed by atoms with E-state index in [-0.39, 0.29) is 5.56 Å². The zero-order valence-corrected chi connectivity index (χ0v) is 22.1. The van der Waals surface area contributed by atoms with Crippen LogP contribution in [0.4, 0.5) is 19.0 Å². The fourth-order valence-corrected chi connectivity index (χ4v) is 5.00. The van der Waals surface area contributed by atoms with Crippen molar-refractivity contribution >= 4 is 28.5 Å². The maximum absolute atomic E-state index is 14.8. The van der Waals surface area contributed by atoms with Gasteiger partial charge < -0.3 is 9.80 Å². The number of quaternary nitrogens is 1. The van der Waals surface area contributed by atoms with Gasteiger partial charge in [-0.1, -0.05) is 29.8 Å². The molecule has 194 valence electrons. The molecular formula is C26H33ClF3N6+. The minimum atomic E-state index is -2.89. The van der Waals surface area contributed by atoms with E-state index in [1.807, 2.05) is 6.07 Å². The van der Waals surface area contributed by atoms with Crippen LogP contribution >= 0.6 is 11.6 Å². The smallest absolute Gasteiger partial charge is 0.266 e. The Morgan fingerprint density at radius 1 is 1.08 bits per heavy atom. The van der Waals surface area contributed by atoms with E-state index in [0.29, 0.717) is 40.4 Å². The molecule has 3 aromatic rings. The van der Waals surface area contributed by atoms with E-state index in [1.54, 1.807) is 13.8 Å². The summed E-state index contributed by atoms with van der Waals surface area (Å²) in [5.74, 6) is 0.0195. The van der Waals surface area contributed by atoms with Gasteiger partial charge in [-0.2, -0.15) is 0 Å². The van der Waals surface area contributed by atoms with Crippen LogP contribution in [0.3, 0.4) is 0 Å². The summed E-state index contributed by atoms with van der Waals surface area (Å²) in [5.41, 5.74) is 0.842. The van der Waals surface area contributed by atoms with Gasteiger partial charge in [0.2, 0.25) is 0 Å². The minimum Gasteiger partial charge on any atom is -0.363 e. The minimum absolute atomic E-state index is 0.139. The van der Waals surface area contributed by atoms with Crippen molar-refractivity contribution < 1.29 is 17.7 Å². The number of piperazine rings is 1. The van der Waals surface area contributed by atoms with Crippen molar-refractivity contribution in [2.75, 3.05) is 38.5 Å². The summed E-state index contributed by atoms with van der Waals surface area (Å²) in [6.45, 7) is 12.6. The Kier molecular flexibility index (Phi) is 7.73. The first-order chi connectivity index (χ1) is 17.0. The van der Waals surface area contributed by atoms with Gasteiger partial charge in [-0.3, -0.25) is 4.90 Å². The van der Waals surface area contributed by atoms with E-state index in [1.165, 1.54) is 12.1 Å². The van der Waals surface area contributed by atoms with Crippen LogP contribution in [0, 0.1) is 12.7 Å². The molecule has 3 heterocycles. The number of likely N-dealkylation sites (N-methyl/N-ethyl adjacent to an activating group) is 1. The van der Waals surface area contributed by atoms with Crippen LogP contribution in [0.15, 0.2) is 24.3 Å². The van der Waals surface area contributed by atoms with E-state index < -0.39 is 23.8 Å². The third-order valence-corrected chi connectivity index (χ3v) is 7.40. The Labute approximate surface area is 215 Å². The van der Waals surface area contributed by atoms with Gasteiger partial charge in [0.05, 0.1) is 37.1 Å². The molecule has 0 amide bonds. The zero-order chi connectivity index (χ0) is 26.2. The lowest BCUT2D eigenvalue weighted by atomic mass is 10.0. The molecule has 1 atom stereocenters. The number of rotatable bonds is 7. The van der Waals surface area contributed by atoms with E-state index in [0.717, 1.165) is 42.3 Å². The molecule has 36 heavy (non-hydrogen) atoms. The molecule has 1 aliphatic heterocycles. The Balaban J connectivity index is 1.65. The molecule has 10 heteroatoms. The number of nitrogens with one attached hydrogen (secondary N) is 1. The van der Waals surface area contributed by atoms with E-state index >= 15 is 0 Å². The number of aromatic nitrogens is 3. The Hall–Kier alpha value is -2.49. The fourth-order valence-electron chi connectivity index (χ4n) is 4.81. The number of halogens is 4. The number of pyridine rings is 1. The van der Waals surface area contributed by atoms with Crippen LogP contribution in [0.5, 0.6) is 0 Å². The van der Waals surface area contributed by atoms with E-state index in [9.17, 15) is 13.2 Å². The molecule has 1 N–H and O–H groups in total. The summed E-state index contributed by atoms with van der Waals surface area (Å²) < 4.78 is 42.1. The SMILES string of the molecule is Cc1nc(N[C@H](C)c2cccc(C(F)F)c2F)c2cc(C[N+]3(C)CCN(C(C)C)CC3)c(Cl)nc2n1. The van der Waals surface area contributed by atoms with Gasteiger partial charge in [-0.25, -0.2) is 28.1 Å². The first-order valence-corrected chi connectivity index (χ1v) is 12.6. The number of alkyl halides is 2. The van der Waals surface area contributed by atoms with Crippen LogP contribution in [-0.2, 0) is 6.54 Å². The second-order valence-electron chi connectivity index (χ2n) is 10.2. The van der Waals surface area contributed by atoms with Gasteiger partial charge in [0.15, 0.2) is 5.65 Å². The van der Waals surface area contributed by atoms with Crippen LogP contribution < -0.4 is 5.32 Å². The van der Waals surface area contributed by atoms with Gasteiger partial charge >= 0.3 is 0 Å². The van der Waals surface area contributed by atoms with Crippen molar-refractivity contribution in [2.24, 2.45) is 0 Å². The highest BCUT2D eigenvalue weighted by Crippen LogP contribution is 2.32. The highest BCUT2D eigenvalue weighted by Gasteiger charge is 2.31. The summed E-state index contributed by atoms with van der Waals surface area (Å²) in [7, 11) is 2.23. The van der Waals surface area contributed by atoms with Crippen molar-refractivity contribution in [3.63, 3.8) is 0 Å². The number of anilines is 1. The number of fused-ring (bicyclic) bond motifs is 1. The van der Waals surface area contributed by atoms with Crippen LogP contribution in [0.25, 0.3) is 11.0 Å². The monoisotopic (exact) mass is 521 g/mol. The predicted octanol–water partition coefficient (Wildman–Crippen LogP) is 5.91. The first kappa shape index (κ1) is 26.6. The quantitative estimate of drug-likeness (QED) is 0.309. The highest BCUT2D eigenvalue weighted by molar-refractivity contribution is 6.30. The van der Waals surface area contributed by atoms with Gasteiger partial charge in [0.25, 0.3) is 6.43 Å². The van der Waals surface area contributed by atoms with Gasteiger partial charge in [0.1, 0.15) is 29.2 Å². The maximum Gasteiger partial charge on any atom is 0.266 e. The topological polar surface area (TPSA) is 53.9 Å². The molecule has 1 fully saturated rings. The van der Waals surface area contributed by atoms with Crippen molar-refractivity contribution in [1.82, 2.24) is 19.9 Å². The molecule has 1 aromatic carbocycles. The predicted molar refractivity (Wildman–Crippen MR) is 137 cm³/mol. The number of aryl methyl sites for hydroxylation is 1. The summed E-state index contributed by atoms with van der Waals surface area (Å²) in [6.07, 6.45) is -2.89. The molecule has 0 aliphatic carbocycles. The van der Waals surface area contributed by atoms with Crippen LogP contribution in [-0.4, -0.2) is 63.6 Å². The molecule has 1 aliphatic rings.